The molecule has 3 heterocycles. The molecule has 0 fully saturated rings. The van der Waals surface area contributed by atoms with Gasteiger partial charge < -0.3 is 5.11 Å². The van der Waals surface area contributed by atoms with Crippen molar-refractivity contribution >= 4 is 45.3 Å². The van der Waals surface area contributed by atoms with E-state index in [2.05, 4.69) is 15.0 Å². The highest BCUT2D eigenvalue weighted by Gasteiger charge is 2.29. The van der Waals surface area contributed by atoms with Crippen molar-refractivity contribution in [3.05, 3.63) is 63.7 Å². The van der Waals surface area contributed by atoms with E-state index in [4.69, 9.17) is 11.6 Å². The molecule has 0 saturated carbocycles. The van der Waals surface area contributed by atoms with Crippen LogP contribution in [0, 0.1) is 0 Å². The number of thiazole rings is 1. The third-order valence-electron chi connectivity index (χ3n) is 3.80. The van der Waals surface area contributed by atoms with Gasteiger partial charge in [-0.1, -0.05) is 17.7 Å². The van der Waals surface area contributed by atoms with Crippen molar-refractivity contribution in [3.8, 4) is 9.88 Å². The van der Waals surface area contributed by atoms with Crippen molar-refractivity contribution < 1.29 is 5.11 Å². The number of rotatable bonds is 3. The molecule has 24 heavy (non-hydrogen) atoms. The predicted octanol–water partition coefficient (Wildman–Crippen LogP) is 4.72. The molecule has 4 aromatic rings. The van der Waals surface area contributed by atoms with Crippen LogP contribution in [0.25, 0.3) is 20.9 Å². The number of hydrogen-bond acceptors (Lipinski definition) is 6. The van der Waals surface area contributed by atoms with Crippen molar-refractivity contribution in [2.24, 2.45) is 0 Å². The summed E-state index contributed by atoms with van der Waals surface area (Å²) in [6.07, 6.45) is 5.02. The number of aromatic nitrogens is 3. The minimum absolute atomic E-state index is 0.724. The lowest BCUT2D eigenvalue weighted by Crippen LogP contribution is -2.21. The molecule has 0 aliphatic heterocycles. The van der Waals surface area contributed by atoms with Gasteiger partial charge in [-0.05, 0) is 36.8 Å². The van der Waals surface area contributed by atoms with Crippen molar-refractivity contribution in [1.82, 2.24) is 15.0 Å². The Morgan fingerprint density at radius 1 is 1.00 bits per heavy atom. The first kappa shape index (κ1) is 15.7. The summed E-state index contributed by atoms with van der Waals surface area (Å²) in [6.45, 7) is 1.77. The molecule has 0 aliphatic carbocycles. The molecule has 7 heteroatoms. The fourth-order valence-corrected chi connectivity index (χ4v) is 4.54. The average Bonchev–Trinajstić information content (AvgIpc) is 3.23. The summed E-state index contributed by atoms with van der Waals surface area (Å²) in [7, 11) is 0. The molecule has 1 unspecified atom stereocenters. The number of thiophene rings is 1. The van der Waals surface area contributed by atoms with E-state index in [1.807, 2.05) is 30.3 Å². The van der Waals surface area contributed by atoms with Gasteiger partial charge in [0.05, 0.1) is 25.1 Å². The van der Waals surface area contributed by atoms with Crippen molar-refractivity contribution in [2.75, 3.05) is 0 Å². The Hall–Kier alpha value is -1.86. The monoisotopic (exact) mass is 373 g/mol. The molecule has 0 saturated heterocycles. The SMILES string of the molecule is CC(O)(c1ccc2nccnc2c1)c1cnc(-c2ccc(Cl)s2)s1. The zero-order valence-corrected chi connectivity index (χ0v) is 15.0. The molecule has 0 amide bonds. The number of nitrogens with zero attached hydrogens (tertiary/aromatic N) is 3. The van der Waals surface area contributed by atoms with Crippen molar-refractivity contribution in [1.29, 1.82) is 0 Å². The van der Waals surface area contributed by atoms with Gasteiger partial charge in [0, 0.05) is 18.6 Å². The Morgan fingerprint density at radius 3 is 2.54 bits per heavy atom. The molecular formula is C17H12ClN3OS2. The average molecular weight is 374 g/mol. The van der Waals surface area contributed by atoms with E-state index >= 15 is 0 Å². The van der Waals surface area contributed by atoms with Crippen LogP contribution >= 0.6 is 34.3 Å². The van der Waals surface area contributed by atoms with Gasteiger partial charge in [0.1, 0.15) is 10.6 Å². The molecule has 0 bridgehead atoms. The van der Waals surface area contributed by atoms with Gasteiger partial charge in [0.2, 0.25) is 0 Å². The van der Waals surface area contributed by atoms with Crippen LogP contribution < -0.4 is 0 Å². The first-order valence-corrected chi connectivity index (χ1v) is 9.21. The number of benzene rings is 1. The second kappa shape index (κ2) is 5.89. The maximum atomic E-state index is 11.1. The van der Waals surface area contributed by atoms with Crippen molar-refractivity contribution in [3.63, 3.8) is 0 Å². The second-order valence-electron chi connectivity index (χ2n) is 5.47. The first-order chi connectivity index (χ1) is 11.5. The third-order valence-corrected chi connectivity index (χ3v) is 6.41. The number of halogens is 1. The van der Waals surface area contributed by atoms with Crippen LogP contribution in [0.15, 0.2) is 48.9 Å². The van der Waals surface area contributed by atoms with Crippen LogP contribution in [0.5, 0.6) is 0 Å². The lowest BCUT2D eigenvalue weighted by molar-refractivity contribution is 0.106. The predicted molar refractivity (Wildman–Crippen MR) is 98.6 cm³/mol. The van der Waals surface area contributed by atoms with E-state index in [1.165, 1.54) is 22.7 Å². The molecule has 0 aliphatic rings. The summed E-state index contributed by atoms with van der Waals surface area (Å²) in [5.74, 6) is 0. The summed E-state index contributed by atoms with van der Waals surface area (Å²) >= 11 is 8.93. The molecule has 3 aromatic heterocycles. The lowest BCUT2D eigenvalue weighted by atomic mass is 9.94. The molecule has 1 aromatic carbocycles. The van der Waals surface area contributed by atoms with E-state index in [9.17, 15) is 5.11 Å². The molecule has 1 N–H and O–H groups in total. The van der Waals surface area contributed by atoms with E-state index in [0.29, 0.717) is 0 Å². The van der Waals surface area contributed by atoms with Crippen LogP contribution in [-0.2, 0) is 5.60 Å². The van der Waals surface area contributed by atoms with Gasteiger partial charge >= 0.3 is 0 Å². The van der Waals surface area contributed by atoms with Gasteiger partial charge in [-0.3, -0.25) is 9.97 Å². The Kier molecular flexibility index (Phi) is 3.85. The minimum Gasteiger partial charge on any atom is -0.380 e. The second-order valence-corrected chi connectivity index (χ2v) is 8.21. The molecule has 4 rings (SSSR count). The molecule has 120 valence electrons. The zero-order valence-electron chi connectivity index (χ0n) is 12.6. The van der Waals surface area contributed by atoms with Crippen LogP contribution in [0.1, 0.15) is 17.4 Å². The minimum atomic E-state index is -1.15. The fourth-order valence-electron chi connectivity index (χ4n) is 2.45. The smallest absolute Gasteiger partial charge is 0.133 e. The van der Waals surface area contributed by atoms with Crippen LogP contribution in [0.4, 0.5) is 0 Å². The zero-order chi connectivity index (χ0) is 16.7. The highest BCUT2D eigenvalue weighted by Crippen LogP contribution is 2.39. The van der Waals surface area contributed by atoms with E-state index in [-0.39, 0.29) is 0 Å². The quantitative estimate of drug-likeness (QED) is 0.564. The summed E-state index contributed by atoms with van der Waals surface area (Å²) in [4.78, 5) is 14.8. The van der Waals surface area contributed by atoms with Gasteiger partial charge in [-0.2, -0.15) is 0 Å². The fraction of sp³-hybridized carbons (Fsp3) is 0.118. The molecular weight excluding hydrogens is 362 g/mol. The normalized spacial score (nSPS) is 14.0. The molecule has 1 atom stereocenters. The molecule has 0 radical (unpaired) electrons. The number of aliphatic hydroxyl groups is 1. The van der Waals surface area contributed by atoms with Gasteiger partial charge in [0.15, 0.2) is 0 Å². The van der Waals surface area contributed by atoms with Gasteiger partial charge in [-0.15, -0.1) is 22.7 Å². The highest BCUT2D eigenvalue weighted by atomic mass is 35.5. The molecule has 0 spiro atoms. The van der Waals surface area contributed by atoms with Crippen LogP contribution in [0.2, 0.25) is 4.34 Å². The number of hydrogen-bond donors (Lipinski definition) is 1. The Morgan fingerprint density at radius 2 is 1.79 bits per heavy atom. The Labute approximate surface area is 151 Å². The lowest BCUT2D eigenvalue weighted by Gasteiger charge is -2.22. The van der Waals surface area contributed by atoms with Crippen LogP contribution in [-0.4, -0.2) is 20.1 Å². The number of fused-ring (bicyclic) bond motifs is 1. The standard InChI is InChI=1S/C17H12ClN3OS2/c1-17(22,10-2-3-11-12(8-10)20-7-6-19-11)14-9-21-16(24-14)13-4-5-15(18)23-13/h2-9,22H,1H3. The Balaban J connectivity index is 1.74. The summed E-state index contributed by atoms with van der Waals surface area (Å²) in [5.41, 5.74) is 1.16. The maximum absolute atomic E-state index is 11.1. The van der Waals surface area contributed by atoms with Gasteiger partial charge in [0.25, 0.3) is 0 Å². The van der Waals surface area contributed by atoms with E-state index in [1.54, 1.807) is 25.5 Å². The van der Waals surface area contributed by atoms with E-state index in [0.717, 1.165) is 35.7 Å². The summed E-state index contributed by atoms with van der Waals surface area (Å²) in [6, 6.07) is 9.40. The molecule has 4 nitrogen and oxygen atoms in total. The highest BCUT2D eigenvalue weighted by molar-refractivity contribution is 7.23. The maximum Gasteiger partial charge on any atom is 0.133 e. The third kappa shape index (κ3) is 2.71. The summed E-state index contributed by atoms with van der Waals surface area (Å²) < 4.78 is 0.724. The van der Waals surface area contributed by atoms with Gasteiger partial charge in [-0.25, -0.2) is 4.98 Å². The topological polar surface area (TPSA) is 58.9 Å². The van der Waals surface area contributed by atoms with Crippen molar-refractivity contribution in [2.45, 2.75) is 12.5 Å². The first-order valence-electron chi connectivity index (χ1n) is 7.20. The van der Waals surface area contributed by atoms with E-state index < -0.39 is 5.60 Å². The Bertz CT molecular complexity index is 1030. The largest absolute Gasteiger partial charge is 0.380 e. The summed E-state index contributed by atoms with van der Waals surface area (Å²) in [5, 5.41) is 11.9. The van der Waals surface area contributed by atoms with Crippen LogP contribution in [0.3, 0.4) is 0 Å².